The molecule has 0 saturated heterocycles. The van der Waals surface area contributed by atoms with Crippen LogP contribution in [0.3, 0.4) is 0 Å². The molecule has 0 aliphatic rings. The fraction of sp³-hybridized carbons (Fsp3) is 0.500. The number of pyridine rings is 1. The Bertz CT molecular complexity index is 375. The largest absolute Gasteiger partial charge is 1.00 e. The number of carbonyl (C=O) groups is 1. The van der Waals surface area contributed by atoms with Gasteiger partial charge in [-0.1, -0.05) is 11.6 Å². The van der Waals surface area contributed by atoms with Crippen molar-refractivity contribution < 1.29 is 26.5 Å². The van der Waals surface area contributed by atoms with Crippen LogP contribution in [-0.2, 0) is 11.3 Å². The molecule has 4 nitrogen and oxygen atoms in total. The highest BCUT2D eigenvalue weighted by Gasteiger charge is 2.15. The van der Waals surface area contributed by atoms with Crippen molar-refractivity contribution >= 4 is 17.7 Å². The number of aromatic nitrogens is 1. The lowest BCUT2D eigenvalue weighted by Gasteiger charge is -2.19. The molecule has 1 rings (SSSR count). The standard InChI is InChI=1S/C12H17ClN2O2.ClH/c1-12(2,3)17-11(16)14-6-9-15-7-4-10(13)5-8-15;/h4-5,7-8H,6,9H2,1-3H3;1H. The van der Waals surface area contributed by atoms with Crippen molar-refractivity contribution in [3.05, 3.63) is 29.5 Å². The minimum Gasteiger partial charge on any atom is -1.00 e. The number of ether oxygens (including phenoxy) is 1. The molecule has 0 radical (unpaired) electrons. The van der Waals surface area contributed by atoms with Crippen LogP contribution in [0.25, 0.3) is 0 Å². The first-order chi connectivity index (χ1) is 7.87. The van der Waals surface area contributed by atoms with Crippen LogP contribution in [0.2, 0.25) is 5.02 Å². The minimum absolute atomic E-state index is 0. The molecule has 0 unspecified atom stereocenters. The van der Waals surface area contributed by atoms with Gasteiger partial charge < -0.3 is 22.5 Å². The predicted octanol–water partition coefficient (Wildman–Crippen LogP) is -0.844. The number of nitrogens with one attached hydrogen (secondary N) is 1. The number of hydrogen-bond acceptors (Lipinski definition) is 2. The average Bonchev–Trinajstić information content (AvgIpc) is 2.18. The van der Waals surface area contributed by atoms with Crippen molar-refractivity contribution in [3.63, 3.8) is 0 Å². The third-order valence-electron chi connectivity index (χ3n) is 1.89. The summed E-state index contributed by atoms with van der Waals surface area (Å²) in [6.07, 6.45) is 3.32. The second-order valence-electron chi connectivity index (χ2n) is 4.68. The molecular formula is C12H18Cl2N2O2. The Hall–Kier alpha value is -1.000. The van der Waals surface area contributed by atoms with E-state index in [4.69, 9.17) is 16.3 Å². The molecule has 0 spiro atoms. The second kappa shape index (κ2) is 7.44. The highest BCUT2D eigenvalue weighted by atomic mass is 35.5. The maximum Gasteiger partial charge on any atom is 0.407 e. The summed E-state index contributed by atoms with van der Waals surface area (Å²) < 4.78 is 7.05. The van der Waals surface area contributed by atoms with E-state index in [0.29, 0.717) is 18.1 Å². The van der Waals surface area contributed by atoms with Gasteiger partial charge in [-0.2, -0.15) is 0 Å². The van der Waals surface area contributed by atoms with Gasteiger partial charge in [-0.3, -0.25) is 0 Å². The quantitative estimate of drug-likeness (QED) is 0.738. The molecule has 1 aromatic heterocycles. The molecule has 0 bridgehead atoms. The minimum atomic E-state index is -0.461. The van der Waals surface area contributed by atoms with Gasteiger partial charge in [0.25, 0.3) is 0 Å². The van der Waals surface area contributed by atoms with Gasteiger partial charge in [-0.15, -0.1) is 0 Å². The third kappa shape index (κ3) is 7.35. The van der Waals surface area contributed by atoms with Gasteiger partial charge in [-0.25, -0.2) is 9.36 Å². The van der Waals surface area contributed by atoms with E-state index in [1.807, 2.05) is 37.7 Å². The molecule has 18 heavy (non-hydrogen) atoms. The zero-order valence-electron chi connectivity index (χ0n) is 10.7. The molecule has 1 aromatic rings. The molecule has 1 amide bonds. The lowest BCUT2D eigenvalue weighted by molar-refractivity contribution is -0.694. The Balaban J connectivity index is 0.00000289. The van der Waals surface area contributed by atoms with E-state index in [0.717, 1.165) is 0 Å². The van der Waals surface area contributed by atoms with Crippen molar-refractivity contribution in [1.82, 2.24) is 5.32 Å². The average molecular weight is 293 g/mol. The number of carbonyl (C=O) groups excluding carboxylic acids is 1. The molecule has 0 saturated carbocycles. The molecule has 0 aliphatic carbocycles. The summed E-state index contributed by atoms with van der Waals surface area (Å²) in [5.74, 6) is 0. The van der Waals surface area contributed by atoms with Crippen LogP contribution in [-0.4, -0.2) is 18.2 Å². The van der Waals surface area contributed by atoms with Crippen LogP contribution in [0.15, 0.2) is 24.5 Å². The molecular weight excluding hydrogens is 275 g/mol. The van der Waals surface area contributed by atoms with Crippen LogP contribution in [0, 0.1) is 0 Å². The van der Waals surface area contributed by atoms with Crippen molar-refractivity contribution in [2.75, 3.05) is 6.54 Å². The van der Waals surface area contributed by atoms with E-state index < -0.39 is 11.7 Å². The van der Waals surface area contributed by atoms with Gasteiger partial charge in [0.2, 0.25) is 0 Å². The van der Waals surface area contributed by atoms with E-state index in [-0.39, 0.29) is 12.4 Å². The maximum absolute atomic E-state index is 11.3. The summed E-state index contributed by atoms with van der Waals surface area (Å²) in [6.45, 7) is 6.69. The fourth-order valence-corrected chi connectivity index (χ4v) is 1.30. The summed E-state index contributed by atoms with van der Waals surface area (Å²) in [7, 11) is 0. The Morgan fingerprint density at radius 2 is 1.94 bits per heavy atom. The summed E-state index contributed by atoms with van der Waals surface area (Å²) in [4.78, 5) is 11.3. The number of halogens is 2. The Kier molecular flexibility index (Phi) is 7.02. The van der Waals surface area contributed by atoms with E-state index in [9.17, 15) is 4.79 Å². The number of nitrogens with zero attached hydrogens (tertiary/aromatic N) is 1. The van der Waals surface area contributed by atoms with E-state index in [1.165, 1.54) is 0 Å². The zero-order valence-corrected chi connectivity index (χ0v) is 12.3. The predicted molar refractivity (Wildman–Crippen MR) is 65.9 cm³/mol. The lowest BCUT2D eigenvalue weighted by atomic mass is 10.2. The topological polar surface area (TPSA) is 42.2 Å². The monoisotopic (exact) mass is 292 g/mol. The van der Waals surface area contributed by atoms with Crippen LogP contribution in [0.5, 0.6) is 0 Å². The van der Waals surface area contributed by atoms with Gasteiger partial charge in [0.1, 0.15) is 5.60 Å². The zero-order chi connectivity index (χ0) is 12.9. The van der Waals surface area contributed by atoms with Crippen molar-refractivity contribution in [2.24, 2.45) is 0 Å². The first kappa shape index (κ1) is 17.0. The van der Waals surface area contributed by atoms with E-state index >= 15 is 0 Å². The van der Waals surface area contributed by atoms with Crippen molar-refractivity contribution in [2.45, 2.75) is 32.9 Å². The van der Waals surface area contributed by atoms with Crippen LogP contribution >= 0.6 is 11.6 Å². The van der Waals surface area contributed by atoms with Crippen molar-refractivity contribution in [1.29, 1.82) is 0 Å². The van der Waals surface area contributed by atoms with E-state index in [1.54, 1.807) is 12.1 Å². The summed E-state index contributed by atoms with van der Waals surface area (Å²) in [5, 5.41) is 3.38. The number of amides is 1. The first-order valence-corrected chi connectivity index (χ1v) is 5.86. The van der Waals surface area contributed by atoms with Crippen LogP contribution < -0.4 is 22.3 Å². The second-order valence-corrected chi connectivity index (χ2v) is 5.12. The van der Waals surface area contributed by atoms with Gasteiger partial charge in [-0.05, 0) is 20.8 Å². The fourth-order valence-electron chi connectivity index (χ4n) is 1.19. The Morgan fingerprint density at radius 1 is 1.39 bits per heavy atom. The lowest BCUT2D eigenvalue weighted by Crippen LogP contribution is -3.00. The van der Waals surface area contributed by atoms with E-state index in [2.05, 4.69) is 5.32 Å². The number of rotatable bonds is 3. The Morgan fingerprint density at radius 3 is 2.44 bits per heavy atom. The molecule has 6 heteroatoms. The molecule has 1 heterocycles. The van der Waals surface area contributed by atoms with Crippen LogP contribution in [0.4, 0.5) is 4.79 Å². The Labute approximate surface area is 119 Å². The first-order valence-electron chi connectivity index (χ1n) is 5.48. The molecule has 102 valence electrons. The smallest absolute Gasteiger partial charge is 0.407 e. The number of alkyl carbamates (subject to hydrolysis) is 1. The highest BCUT2D eigenvalue weighted by Crippen LogP contribution is 2.06. The van der Waals surface area contributed by atoms with Gasteiger partial charge in [0.05, 0.1) is 11.6 Å². The summed E-state index contributed by atoms with van der Waals surface area (Å²) >= 11 is 5.77. The van der Waals surface area contributed by atoms with Gasteiger partial charge in [0.15, 0.2) is 18.9 Å². The van der Waals surface area contributed by atoms with Gasteiger partial charge in [0, 0.05) is 12.1 Å². The maximum atomic E-state index is 11.3. The van der Waals surface area contributed by atoms with Crippen molar-refractivity contribution in [3.8, 4) is 0 Å². The normalized spacial score (nSPS) is 10.4. The third-order valence-corrected chi connectivity index (χ3v) is 2.14. The molecule has 1 N–H and O–H groups in total. The molecule has 0 atom stereocenters. The molecule has 0 fully saturated rings. The SMILES string of the molecule is CC(C)(C)OC(=O)NCC[n+]1ccc(Cl)cc1.[Cl-]. The summed E-state index contributed by atoms with van der Waals surface area (Å²) in [5.41, 5.74) is -0.461. The summed E-state index contributed by atoms with van der Waals surface area (Å²) in [6, 6.07) is 3.60. The van der Waals surface area contributed by atoms with Crippen LogP contribution in [0.1, 0.15) is 20.8 Å². The molecule has 0 aromatic carbocycles. The highest BCUT2D eigenvalue weighted by molar-refractivity contribution is 6.30. The van der Waals surface area contributed by atoms with Gasteiger partial charge >= 0.3 is 6.09 Å². The number of hydrogen-bond donors (Lipinski definition) is 1. The molecule has 0 aliphatic heterocycles.